The van der Waals surface area contributed by atoms with Crippen LogP contribution in [0.2, 0.25) is 0 Å². The van der Waals surface area contributed by atoms with Crippen LogP contribution in [0, 0.1) is 0 Å². The summed E-state index contributed by atoms with van der Waals surface area (Å²) in [5, 5.41) is 29.1. The van der Waals surface area contributed by atoms with E-state index in [9.17, 15) is 20.1 Å². The summed E-state index contributed by atoms with van der Waals surface area (Å²) in [6.45, 7) is 2.07. The zero-order chi connectivity index (χ0) is 15.0. The molecule has 110 valence electrons. The number of carbonyl (C=O) groups is 1. The van der Waals surface area contributed by atoms with E-state index in [4.69, 9.17) is 0 Å². The van der Waals surface area contributed by atoms with E-state index in [1.54, 1.807) is 12.1 Å². The molecule has 0 saturated carbocycles. The van der Waals surface area contributed by atoms with Crippen LogP contribution in [0.1, 0.15) is 48.5 Å². The Labute approximate surface area is 119 Å². The summed E-state index contributed by atoms with van der Waals surface area (Å²) in [6, 6.07) is 4.71. The average Bonchev–Trinajstić information content (AvgIpc) is 2.44. The molecule has 1 rings (SSSR count). The molecule has 0 aliphatic rings. The van der Waals surface area contributed by atoms with Gasteiger partial charge in [0.15, 0.2) is 6.29 Å². The first-order valence-corrected chi connectivity index (χ1v) is 6.91. The van der Waals surface area contributed by atoms with Gasteiger partial charge in [-0.1, -0.05) is 50.5 Å². The van der Waals surface area contributed by atoms with Crippen LogP contribution in [0.5, 0.6) is 5.75 Å². The van der Waals surface area contributed by atoms with E-state index in [1.807, 2.05) is 0 Å². The van der Waals surface area contributed by atoms with Crippen molar-refractivity contribution in [2.75, 3.05) is 0 Å². The van der Waals surface area contributed by atoms with E-state index in [-0.39, 0.29) is 11.3 Å². The Hall–Kier alpha value is -1.65. The summed E-state index contributed by atoms with van der Waals surface area (Å²) in [5.41, 5.74) is 0.691. The van der Waals surface area contributed by atoms with Gasteiger partial charge in [-0.25, -0.2) is 0 Å². The highest BCUT2D eigenvalue weighted by Gasteiger charge is 2.13. The first-order valence-electron chi connectivity index (χ1n) is 6.91. The number of hydrogen-bond acceptors (Lipinski definition) is 4. The quantitative estimate of drug-likeness (QED) is 0.504. The van der Waals surface area contributed by atoms with Crippen molar-refractivity contribution >= 4 is 12.4 Å². The zero-order valence-corrected chi connectivity index (χ0v) is 11.7. The molecule has 0 spiro atoms. The molecule has 2 unspecified atom stereocenters. The first kappa shape index (κ1) is 16.4. The van der Waals surface area contributed by atoms with E-state index >= 15 is 0 Å². The number of aliphatic hydroxyl groups is 2. The average molecular weight is 278 g/mol. The Balaban J connectivity index is 2.67. The van der Waals surface area contributed by atoms with Crippen molar-refractivity contribution in [1.82, 2.24) is 0 Å². The molecule has 0 amide bonds. The third-order valence-corrected chi connectivity index (χ3v) is 3.21. The molecule has 0 aliphatic heterocycles. The fraction of sp³-hybridized carbons (Fsp3) is 0.438. The molecule has 2 atom stereocenters. The molecule has 0 radical (unpaired) electrons. The number of carbonyl (C=O) groups excluding carboxylic acids is 1. The Morgan fingerprint density at radius 3 is 2.65 bits per heavy atom. The second-order valence-electron chi connectivity index (χ2n) is 4.81. The Morgan fingerprint density at radius 1 is 1.25 bits per heavy atom. The van der Waals surface area contributed by atoms with E-state index in [1.165, 1.54) is 18.2 Å². The van der Waals surface area contributed by atoms with Crippen molar-refractivity contribution in [1.29, 1.82) is 0 Å². The van der Waals surface area contributed by atoms with E-state index < -0.39 is 12.2 Å². The van der Waals surface area contributed by atoms with Gasteiger partial charge in [0.25, 0.3) is 0 Å². The van der Waals surface area contributed by atoms with Crippen LogP contribution in [0.3, 0.4) is 0 Å². The van der Waals surface area contributed by atoms with Gasteiger partial charge in [-0.2, -0.15) is 0 Å². The zero-order valence-electron chi connectivity index (χ0n) is 11.7. The topological polar surface area (TPSA) is 77.8 Å². The van der Waals surface area contributed by atoms with Gasteiger partial charge < -0.3 is 15.3 Å². The maximum Gasteiger partial charge on any atom is 0.154 e. The molecule has 0 aliphatic carbocycles. The fourth-order valence-corrected chi connectivity index (χ4v) is 1.95. The second-order valence-corrected chi connectivity index (χ2v) is 4.81. The molecule has 20 heavy (non-hydrogen) atoms. The van der Waals surface area contributed by atoms with Gasteiger partial charge in [0.05, 0.1) is 17.8 Å². The normalized spacial score (nSPS) is 14.3. The van der Waals surface area contributed by atoms with Gasteiger partial charge in [-0.3, -0.25) is 4.79 Å². The molecule has 0 heterocycles. The summed E-state index contributed by atoms with van der Waals surface area (Å²) >= 11 is 0. The third-order valence-electron chi connectivity index (χ3n) is 3.21. The first-order chi connectivity index (χ1) is 9.60. The molecule has 0 fully saturated rings. The summed E-state index contributed by atoms with van der Waals surface area (Å²) in [6.07, 6.45) is 5.26. The number of phenols is 1. The van der Waals surface area contributed by atoms with Crippen molar-refractivity contribution < 1.29 is 20.1 Å². The summed E-state index contributed by atoms with van der Waals surface area (Å²) in [4.78, 5) is 10.9. The highest BCUT2D eigenvalue weighted by Crippen LogP contribution is 2.20. The molecule has 4 nitrogen and oxygen atoms in total. The highest BCUT2D eigenvalue weighted by molar-refractivity contribution is 5.85. The molecular formula is C16H22O4. The molecule has 0 saturated heterocycles. The minimum Gasteiger partial charge on any atom is -0.507 e. The highest BCUT2D eigenvalue weighted by atomic mass is 16.3. The van der Waals surface area contributed by atoms with Crippen molar-refractivity contribution in [3.63, 3.8) is 0 Å². The maximum absolute atomic E-state index is 10.9. The number of hydrogen-bond donors (Lipinski definition) is 3. The third kappa shape index (κ3) is 4.79. The van der Waals surface area contributed by atoms with E-state index in [0.717, 1.165) is 19.3 Å². The van der Waals surface area contributed by atoms with Gasteiger partial charge >= 0.3 is 0 Å². The summed E-state index contributed by atoms with van der Waals surface area (Å²) in [7, 11) is 0. The van der Waals surface area contributed by atoms with Crippen LogP contribution >= 0.6 is 0 Å². The monoisotopic (exact) mass is 278 g/mol. The van der Waals surface area contributed by atoms with Crippen molar-refractivity contribution in [2.24, 2.45) is 0 Å². The van der Waals surface area contributed by atoms with Gasteiger partial charge in [0.2, 0.25) is 0 Å². The van der Waals surface area contributed by atoms with E-state index in [0.29, 0.717) is 18.3 Å². The van der Waals surface area contributed by atoms with Crippen LogP contribution in [0.15, 0.2) is 24.3 Å². The standard InChI is InChI=1S/C16H22O4/c1-2-3-4-7-15(19)16(20)10-9-12-6-5-8-14(18)13(12)11-17/h5-6,8-11,15-16,18-20H,2-4,7H2,1H3. The summed E-state index contributed by atoms with van der Waals surface area (Å²) < 4.78 is 0. The predicted molar refractivity (Wildman–Crippen MR) is 78.7 cm³/mol. The minimum atomic E-state index is -0.978. The number of benzene rings is 1. The molecular weight excluding hydrogens is 256 g/mol. The molecule has 4 heteroatoms. The van der Waals surface area contributed by atoms with Crippen molar-refractivity contribution in [2.45, 2.75) is 44.8 Å². The lowest BCUT2D eigenvalue weighted by molar-refractivity contribution is 0.0420. The largest absolute Gasteiger partial charge is 0.507 e. The number of aromatic hydroxyl groups is 1. The number of phenolic OH excluding ortho intramolecular Hbond substituents is 1. The van der Waals surface area contributed by atoms with Crippen LogP contribution < -0.4 is 0 Å². The number of aliphatic hydroxyl groups excluding tert-OH is 2. The SMILES string of the molecule is CCCCCC(O)C(O)C=Cc1cccc(O)c1C=O. The fourth-order valence-electron chi connectivity index (χ4n) is 1.95. The molecule has 3 N–H and O–H groups in total. The van der Waals surface area contributed by atoms with Gasteiger partial charge in [-0.15, -0.1) is 0 Å². The summed E-state index contributed by atoms with van der Waals surface area (Å²) in [5.74, 6) is -0.0971. The lowest BCUT2D eigenvalue weighted by atomic mass is 10.0. The second kappa shape index (κ2) is 8.51. The Bertz CT molecular complexity index is 454. The Morgan fingerprint density at radius 2 is 2.00 bits per heavy atom. The van der Waals surface area contributed by atoms with E-state index in [2.05, 4.69) is 6.92 Å². The van der Waals surface area contributed by atoms with Gasteiger partial charge in [0.1, 0.15) is 5.75 Å². The smallest absolute Gasteiger partial charge is 0.154 e. The number of unbranched alkanes of at least 4 members (excludes halogenated alkanes) is 2. The van der Waals surface area contributed by atoms with Crippen LogP contribution in [-0.2, 0) is 0 Å². The molecule has 1 aromatic rings. The van der Waals surface area contributed by atoms with Gasteiger partial charge in [-0.05, 0) is 18.1 Å². The molecule has 1 aromatic carbocycles. The van der Waals surface area contributed by atoms with Crippen LogP contribution in [-0.4, -0.2) is 33.8 Å². The van der Waals surface area contributed by atoms with Crippen molar-refractivity contribution in [3.05, 3.63) is 35.4 Å². The lowest BCUT2D eigenvalue weighted by Crippen LogP contribution is -2.23. The predicted octanol–water partition coefficient (Wildman–Crippen LogP) is 2.52. The molecule has 0 bridgehead atoms. The number of aldehydes is 1. The maximum atomic E-state index is 10.9. The van der Waals surface area contributed by atoms with Crippen LogP contribution in [0.4, 0.5) is 0 Å². The van der Waals surface area contributed by atoms with Gasteiger partial charge in [0, 0.05) is 0 Å². The molecule has 0 aromatic heterocycles. The van der Waals surface area contributed by atoms with Crippen molar-refractivity contribution in [3.8, 4) is 5.75 Å². The van der Waals surface area contributed by atoms with Crippen LogP contribution in [0.25, 0.3) is 6.08 Å². The number of rotatable bonds is 8. The Kier molecular flexibility index (Phi) is 6.98. The lowest BCUT2D eigenvalue weighted by Gasteiger charge is -2.14. The minimum absolute atomic E-state index is 0.0971.